The van der Waals surface area contributed by atoms with Crippen LogP contribution in [-0.4, -0.2) is 29.9 Å². The summed E-state index contributed by atoms with van der Waals surface area (Å²) in [6.07, 6.45) is 0.949. The first-order chi connectivity index (χ1) is 10.2. The van der Waals surface area contributed by atoms with Crippen molar-refractivity contribution in [2.45, 2.75) is 12.5 Å². The quantitative estimate of drug-likeness (QED) is 0.942. The lowest BCUT2D eigenvalue weighted by molar-refractivity contribution is 0.0482. The molecule has 1 aliphatic rings. The van der Waals surface area contributed by atoms with Crippen molar-refractivity contribution in [2.75, 3.05) is 13.1 Å². The number of hydrogen-bond acceptors (Lipinski definition) is 2. The Morgan fingerprint density at radius 3 is 2.71 bits per heavy atom. The Balaban J connectivity index is 1.98. The van der Waals surface area contributed by atoms with E-state index >= 15 is 0 Å². The number of carbonyl (C=O) groups is 1. The summed E-state index contributed by atoms with van der Waals surface area (Å²) in [5.41, 5.74) is 7.73. The largest absolute Gasteiger partial charge is 0.334 e. The van der Waals surface area contributed by atoms with Crippen LogP contribution in [0.4, 0.5) is 4.39 Å². The number of rotatable bonds is 3. The second kappa shape index (κ2) is 5.66. The fourth-order valence-corrected chi connectivity index (χ4v) is 2.69. The molecule has 2 N–H and O–H groups in total. The molecule has 1 heterocycles. The van der Waals surface area contributed by atoms with Crippen LogP contribution in [0.15, 0.2) is 48.5 Å². The van der Waals surface area contributed by atoms with Crippen molar-refractivity contribution in [1.82, 2.24) is 4.90 Å². The maximum atomic E-state index is 13.4. The molecule has 3 nitrogen and oxygen atoms in total. The van der Waals surface area contributed by atoms with E-state index in [2.05, 4.69) is 0 Å². The van der Waals surface area contributed by atoms with Gasteiger partial charge in [-0.2, -0.15) is 0 Å². The third kappa shape index (κ3) is 2.54. The van der Waals surface area contributed by atoms with Gasteiger partial charge in [0.25, 0.3) is 5.91 Å². The summed E-state index contributed by atoms with van der Waals surface area (Å²) in [5.74, 6) is -0.338. The first kappa shape index (κ1) is 13.8. The molecular formula is C17H17FN2O. The maximum Gasteiger partial charge on any atom is 0.254 e. The van der Waals surface area contributed by atoms with Gasteiger partial charge in [0.1, 0.15) is 5.82 Å². The molecule has 0 aliphatic carbocycles. The third-order valence-electron chi connectivity index (χ3n) is 3.97. The molecule has 1 aliphatic heterocycles. The van der Waals surface area contributed by atoms with E-state index in [-0.39, 0.29) is 17.8 Å². The minimum atomic E-state index is -0.307. The van der Waals surface area contributed by atoms with E-state index in [0.29, 0.717) is 17.7 Å². The lowest BCUT2D eigenvalue weighted by Crippen LogP contribution is -2.54. The van der Waals surface area contributed by atoms with Gasteiger partial charge in [0.15, 0.2) is 0 Å². The summed E-state index contributed by atoms with van der Waals surface area (Å²) in [6, 6.07) is 13.7. The Kier molecular flexibility index (Phi) is 3.71. The maximum absolute atomic E-state index is 13.4. The van der Waals surface area contributed by atoms with Crippen molar-refractivity contribution in [3.8, 4) is 11.1 Å². The van der Waals surface area contributed by atoms with E-state index in [9.17, 15) is 9.18 Å². The van der Waals surface area contributed by atoms with Crippen molar-refractivity contribution >= 4 is 5.91 Å². The standard InChI is InChI=1S/C17H17FN2O/c18-13-5-3-4-12(10-13)15-6-1-2-7-16(15)17(21)20-9-8-14(20)11-19/h1-7,10,14H,8-9,11,19H2. The average Bonchev–Trinajstić information content (AvgIpc) is 2.46. The van der Waals surface area contributed by atoms with Crippen molar-refractivity contribution in [2.24, 2.45) is 5.73 Å². The molecule has 1 atom stereocenters. The Hall–Kier alpha value is -2.20. The molecule has 0 saturated carbocycles. The molecule has 1 amide bonds. The molecule has 108 valence electrons. The van der Waals surface area contributed by atoms with Crippen LogP contribution in [0.2, 0.25) is 0 Å². The summed E-state index contributed by atoms with van der Waals surface area (Å²) >= 11 is 0. The van der Waals surface area contributed by atoms with Gasteiger partial charge in [0.05, 0.1) is 0 Å². The molecule has 0 aromatic heterocycles. The average molecular weight is 284 g/mol. The number of benzene rings is 2. The Morgan fingerprint density at radius 2 is 2.05 bits per heavy atom. The number of hydrogen-bond donors (Lipinski definition) is 1. The number of likely N-dealkylation sites (tertiary alicyclic amines) is 1. The molecule has 21 heavy (non-hydrogen) atoms. The zero-order chi connectivity index (χ0) is 14.8. The number of nitrogens with two attached hydrogens (primary N) is 1. The van der Waals surface area contributed by atoms with Crippen LogP contribution >= 0.6 is 0 Å². The fraction of sp³-hybridized carbons (Fsp3) is 0.235. The first-order valence-electron chi connectivity index (χ1n) is 7.06. The van der Waals surface area contributed by atoms with Crippen LogP contribution < -0.4 is 5.73 Å². The minimum absolute atomic E-state index is 0.0310. The summed E-state index contributed by atoms with van der Waals surface area (Å²) in [5, 5.41) is 0. The highest BCUT2D eigenvalue weighted by atomic mass is 19.1. The molecule has 1 saturated heterocycles. The van der Waals surface area contributed by atoms with Crippen molar-refractivity contribution in [3.05, 3.63) is 59.9 Å². The zero-order valence-corrected chi connectivity index (χ0v) is 11.6. The van der Waals surface area contributed by atoms with Crippen LogP contribution in [0, 0.1) is 5.82 Å². The number of halogens is 1. The molecular weight excluding hydrogens is 267 g/mol. The van der Waals surface area contributed by atoms with Gasteiger partial charge in [0.2, 0.25) is 0 Å². The van der Waals surface area contributed by atoms with Gasteiger partial charge in [-0.05, 0) is 35.7 Å². The minimum Gasteiger partial charge on any atom is -0.334 e. The van der Waals surface area contributed by atoms with Gasteiger partial charge in [-0.15, -0.1) is 0 Å². The van der Waals surface area contributed by atoms with Gasteiger partial charge in [-0.25, -0.2) is 4.39 Å². The number of amides is 1. The SMILES string of the molecule is NCC1CCN1C(=O)c1ccccc1-c1cccc(F)c1. The van der Waals surface area contributed by atoms with Gasteiger partial charge in [0, 0.05) is 24.7 Å². The number of nitrogens with zero attached hydrogens (tertiary/aromatic N) is 1. The molecule has 3 rings (SSSR count). The van der Waals surface area contributed by atoms with E-state index in [1.54, 1.807) is 17.0 Å². The van der Waals surface area contributed by atoms with E-state index in [1.165, 1.54) is 12.1 Å². The molecule has 0 spiro atoms. The lowest BCUT2D eigenvalue weighted by atomic mass is 9.95. The summed E-state index contributed by atoms with van der Waals surface area (Å²) < 4.78 is 13.4. The molecule has 2 aromatic carbocycles. The van der Waals surface area contributed by atoms with E-state index < -0.39 is 0 Å². The second-order valence-corrected chi connectivity index (χ2v) is 5.23. The molecule has 0 bridgehead atoms. The first-order valence-corrected chi connectivity index (χ1v) is 7.06. The molecule has 2 aromatic rings. The van der Waals surface area contributed by atoms with Gasteiger partial charge >= 0.3 is 0 Å². The molecule has 1 fully saturated rings. The van der Waals surface area contributed by atoms with Crippen LogP contribution in [0.3, 0.4) is 0 Å². The highest BCUT2D eigenvalue weighted by Gasteiger charge is 2.32. The normalized spacial score (nSPS) is 17.4. The van der Waals surface area contributed by atoms with Crippen LogP contribution in [0.25, 0.3) is 11.1 Å². The highest BCUT2D eigenvalue weighted by molar-refractivity contribution is 6.01. The topological polar surface area (TPSA) is 46.3 Å². The predicted octanol–water partition coefficient (Wildman–Crippen LogP) is 2.67. The molecule has 0 radical (unpaired) electrons. The van der Waals surface area contributed by atoms with Crippen LogP contribution in [0.1, 0.15) is 16.8 Å². The second-order valence-electron chi connectivity index (χ2n) is 5.23. The summed E-state index contributed by atoms with van der Waals surface area (Å²) in [6.45, 7) is 1.21. The van der Waals surface area contributed by atoms with Crippen molar-refractivity contribution in [1.29, 1.82) is 0 Å². The lowest BCUT2D eigenvalue weighted by Gasteiger charge is -2.40. The predicted molar refractivity (Wildman–Crippen MR) is 80.3 cm³/mol. The molecule has 1 unspecified atom stereocenters. The Bertz CT molecular complexity index is 669. The van der Waals surface area contributed by atoms with Crippen molar-refractivity contribution in [3.63, 3.8) is 0 Å². The third-order valence-corrected chi connectivity index (χ3v) is 3.97. The zero-order valence-electron chi connectivity index (χ0n) is 11.6. The van der Waals surface area contributed by atoms with E-state index in [1.807, 2.05) is 24.3 Å². The fourth-order valence-electron chi connectivity index (χ4n) is 2.69. The van der Waals surface area contributed by atoms with Gasteiger partial charge in [-0.1, -0.05) is 30.3 Å². The molecule has 4 heteroatoms. The van der Waals surface area contributed by atoms with Gasteiger partial charge < -0.3 is 10.6 Å². The van der Waals surface area contributed by atoms with Crippen molar-refractivity contribution < 1.29 is 9.18 Å². The van der Waals surface area contributed by atoms with E-state index in [0.717, 1.165) is 18.5 Å². The van der Waals surface area contributed by atoms with E-state index in [4.69, 9.17) is 5.73 Å². The Morgan fingerprint density at radius 1 is 1.24 bits per heavy atom. The van der Waals surface area contributed by atoms with Crippen LogP contribution in [0.5, 0.6) is 0 Å². The summed E-state index contributed by atoms with van der Waals surface area (Å²) in [4.78, 5) is 14.4. The Labute approximate surface area is 123 Å². The number of carbonyl (C=O) groups excluding carboxylic acids is 1. The highest BCUT2D eigenvalue weighted by Crippen LogP contribution is 2.28. The summed E-state index contributed by atoms with van der Waals surface area (Å²) in [7, 11) is 0. The van der Waals surface area contributed by atoms with Crippen LogP contribution in [-0.2, 0) is 0 Å². The van der Waals surface area contributed by atoms with Gasteiger partial charge in [-0.3, -0.25) is 4.79 Å². The smallest absolute Gasteiger partial charge is 0.254 e. The monoisotopic (exact) mass is 284 g/mol.